The molecular formula is C28H27N7O. The lowest BCUT2D eigenvalue weighted by Gasteiger charge is -2.34. The summed E-state index contributed by atoms with van der Waals surface area (Å²) in [5.74, 6) is 1.96. The molecule has 0 radical (unpaired) electrons. The van der Waals surface area contributed by atoms with Crippen LogP contribution in [0.15, 0.2) is 67.0 Å². The number of hydrogen-bond acceptors (Lipinski definition) is 4. The van der Waals surface area contributed by atoms with Crippen molar-refractivity contribution in [3.8, 4) is 0 Å². The number of nitrogens with zero attached hydrogens (tertiary/aromatic N) is 4. The quantitative estimate of drug-likeness (QED) is 0.336. The van der Waals surface area contributed by atoms with Crippen LogP contribution in [-0.2, 0) is 13.0 Å². The number of hydrogen-bond donors (Lipinski definition) is 3. The second-order valence-electron chi connectivity index (χ2n) is 9.95. The Labute approximate surface area is 208 Å². The van der Waals surface area contributed by atoms with Crippen molar-refractivity contribution in [3.05, 3.63) is 89.8 Å². The molecule has 0 spiro atoms. The van der Waals surface area contributed by atoms with E-state index in [1.54, 1.807) is 0 Å². The van der Waals surface area contributed by atoms with E-state index in [0.717, 1.165) is 52.9 Å². The first-order valence-corrected chi connectivity index (χ1v) is 12.6. The fourth-order valence-corrected chi connectivity index (χ4v) is 6.09. The highest BCUT2D eigenvalue weighted by Crippen LogP contribution is 2.49. The van der Waals surface area contributed by atoms with Crippen LogP contribution in [0.5, 0.6) is 0 Å². The van der Waals surface area contributed by atoms with E-state index in [2.05, 4.69) is 43.7 Å². The SMILES string of the molecule is O=C(NCc1cnc2ccccc2c1)N1[C@@H]2CC[C@@H](C2)[C@H]1c1nc(Cc2c[nH]c3ccccc23)n[nH]1. The van der Waals surface area contributed by atoms with Gasteiger partial charge in [-0.25, -0.2) is 9.78 Å². The fraction of sp³-hybridized carbons (Fsp3) is 0.286. The minimum atomic E-state index is -0.0669. The number of piperidine rings is 1. The average Bonchev–Trinajstić information content (AvgIpc) is 3.72. The summed E-state index contributed by atoms with van der Waals surface area (Å²) in [6.07, 6.45) is 7.69. The molecule has 7 rings (SSSR count). The van der Waals surface area contributed by atoms with Gasteiger partial charge in [0.25, 0.3) is 0 Å². The zero-order chi connectivity index (χ0) is 24.1. The number of carbonyl (C=O) groups is 1. The van der Waals surface area contributed by atoms with Crippen molar-refractivity contribution in [2.24, 2.45) is 5.92 Å². The van der Waals surface area contributed by atoms with Crippen LogP contribution in [0.3, 0.4) is 0 Å². The van der Waals surface area contributed by atoms with Crippen molar-refractivity contribution in [2.45, 2.75) is 44.3 Å². The summed E-state index contributed by atoms with van der Waals surface area (Å²) in [7, 11) is 0. The maximum atomic E-state index is 13.4. The minimum absolute atomic E-state index is 0.0464. The summed E-state index contributed by atoms with van der Waals surface area (Å²) < 4.78 is 0. The molecular weight excluding hydrogens is 450 g/mol. The Balaban J connectivity index is 1.09. The Morgan fingerprint density at radius 1 is 1.11 bits per heavy atom. The van der Waals surface area contributed by atoms with Gasteiger partial charge in [0, 0.05) is 47.7 Å². The summed E-state index contributed by atoms with van der Waals surface area (Å²) in [5, 5.41) is 13.1. The number of carbonyl (C=O) groups excluding carboxylic acids is 1. The molecule has 2 aliphatic rings. The smallest absolute Gasteiger partial charge is 0.318 e. The maximum Gasteiger partial charge on any atom is 0.318 e. The zero-order valence-corrected chi connectivity index (χ0v) is 19.8. The largest absolute Gasteiger partial charge is 0.361 e. The van der Waals surface area contributed by atoms with Crippen LogP contribution in [0.1, 0.15) is 48.1 Å². The molecule has 2 fully saturated rings. The predicted molar refractivity (Wildman–Crippen MR) is 137 cm³/mol. The number of amides is 2. The molecule has 3 atom stereocenters. The van der Waals surface area contributed by atoms with Gasteiger partial charge in [0.15, 0.2) is 5.82 Å². The third kappa shape index (κ3) is 3.61. The highest BCUT2D eigenvalue weighted by molar-refractivity contribution is 5.83. The Hall–Kier alpha value is -4.20. The second-order valence-corrected chi connectivity index (χ2v) is 9.95. The number of likely N-dealkylation sites (tertiary alicyclic amines) is 1. The molecule has 2 aromatic carbocycles. The zero-order valence-electron chi connectivity index (χ0n) is 19.8. The van der Waals surface area contributed by atoms with Gasteiger partial charge in [-0.05, 0) is 54.5 Å². The molecule has 4 heterocycles. The van der Waals surface area contributed by atoms with Crippen LogP contribution in [0.25, 0.3) is 21.8 Å². The fourth-order valence-electron chi connectivity index (χ4n) is 6.09. The Kier molecular flexibility index (Phi) is 4.97. The van der Waals surface area contributed by atoms with Gasteiger partial charge in [-0.3, -0.25) is 10.1 Å². The van der Waals surface area contributed by atoms with Crippen molar-refractivity contribution in [3.63, 3.8) is 0 Å². The van der Waals surface area contributed by atoms with Crippen molar-refractivity contribution in [1.29, 1.82) is 0 Å². The van der Waals surface area contributed by atoms with Gasteiger partial charge in [0.1, 0.15) is 5.82 Å². The number of fused-ring (bicyclic) bond motifs is 4. The first-order valence-electron chi connectivity index (χ1n) is 12.6. The van der Waals surface area contributed by atoms with Gasteiger partial charge in [-0.2, -0.15) is 5.10 Å². The average molecular weight is 478 g/mol. The summed E-state index contributed by atoms with van der Waals surface area (Å²) in [6.45, 7) is 0.444. The van der Waals surface area contributed by atoms with E-state index in [4.69, 9.17) is 4.98 Å². The lowest BCUT2D eigenvalue weighted by Crippen LogP contribution is -2.46. The highest BCUT2D eigenvalue weighted by Gasteiger charge is 2.50. The van der Waals surface area contributed by atoms with Gasteiger partial charge in [0.05, 0.1) is 11.6 Å². The van der Waals surface area contributed by atoms with Gasteiger partial charge in [0.2, 0.25) is 0 Å². The van der Waals surface area contributed by atoms with Crippen LogP contribution in [-0.4, -0.2) is 42.1 Å². The van der Waals surface area contributed by atoms with E-state index in [1.165, 1.54) is 10.9 Å². The Morgan fingerprint density at radius 3 is 2.97 bits per heavy atom. The number of nitrogens with one attached hydrogen (secondary N) is 3. The van der Waals surface area contributed by atoms with Crippen LogP contribution in [0.2, 0.25) is 0 Å². The lowest BCUT2D eigenvalue weighted by molar-refractivity contribution is 0.142. The Bertz CT molecular complexity index is 1570. The van der Waals surface area contributed by atoms with Crippen molar-refractivity contribution in [1.82, 2.24) is 35.4 Å². The summed E-state index contributed by atoms with van der Waals surface area (Å²) in [4.78, 5) is 28.1. The summed E-state index contributed by atoms with van der Waals surface area (Å²) in [5.41, 5.74) is 4.23. The molecule has 2 bridgehead atoms. The summed E-state index contributed by atoms with van der Waals surface area (Å²) in [6, 6.07) is 18.5. The second kappa shape index (κ2) is 8.48. The van der Waals surface area contributed by atoms with E-state index in [-0.39, 0.29) is 18.1 Å². The van der Waals surface area contributed by atoms with Crippen molar-refractivity contribution >= 4 is 27.8 Å². The number of urea groups is 1. The maximum absolute atomic E-state index is 13.4. The van der Waals surface area contributed by atoms with Gasteiger partial charge in [-0.15, -0.1) is 0 Å². The lowest BCUT2D eigenvalue weighted by atomic mass is 9.98. The van der Waals surface area contributed by atoms with Crippen LogP contribution < -0.4 is 5.32 Å². The predicted octanol–water partition coefficient (Wildman–Crippen LogP) is 4.86. The first-order chi connectivity index (χ1) is 17.7. The normalized spacial score (nSPS) is 21.0. The van der Waals surface area contributed by atoms with Crippen LogP contribution in [0, 0.1) is 5.92 Å². The molecule has 180 valence electrons. The summed E-state index contributed by atoms with van der Waals surface area (Å²) >= 11 is 0. The minimum Gasteiger partial charge on any atom is -0.361 e. The van der Waals surface area contributed by atoms with Crippen LogP contribution >= 0.6 is 0 Å². The van der Waals surface area contributed by atoms with Gasteiger partial charge in [-0.1, -0.05) is 36.4 Å². The van der Waals surface area contributed by atoms with Gasteiger partial charge >= 0.3 is 6.03 Å². The number of aromatic nitrogens is 5. The molecule has 8 nitrogen and oxygen atoms in total. The molecule has 1 saturated carbocycles. The number of pyridine rings is 1. The van der Waals surface area contributed by atoms with E-state index in [9.17, 15) is 4.79 Å². The Morgan fingerprint density at radius 2 is 2.00 bits per heavy atom. The van der Waals surface area contributed by atoms with Gasteiger partial charge < -0.3 is 15.2 Å². The van der Waals surface area contributed by atoms with Crippen molar-refractivity contribution in [2.75, 3.05) is 0 Å². The molecule has 3 N–H and O–H groups in total. The standard InChI is InChI=1S/C28H27N7O/c36-28(31-15-17-11-18-5-1-3-7-23(18)29-14-17)35-21-10-9-19(12-21)26(35)27-32-25(33-34-27)13-20-16-30-24-8-4-2-6-22(20)24/h1-8,11,14,16,19,21,26,30H,9-10,12-13,15H2,(H,31,36)(H,32,33,34)/t19-,21+,26-/m0/s1. The molecule has 1 saturated heterocycles. The molecule has 2 amide bonds. The van der Waals surface area contributed by atoms with Crippen molar-refractivity contribution < 1.29 is 4.79 Å². The third-order valence-electron chi connectivity index (χ3n) is 7.76. The third-order valence-corrected chi connectivity index (χ3v) is 7.76. The number of aromatic amines is 2. The topological polar surface area (TPSA) is 103 Å². The number of rotatable bonds is 5. The number of para-hydroxylation sites is 2. The monoisotopic (exact) mass is 477 g/mol. The molecule has 3 aromatic heterocycles. The first kappa shape index (κ1) is 21.1. The molecule has 36 heavy (non-hydrogen) atoms. The van der Waals surface area contributed by atoms with E-state index >= 15 is 0 Å². The molecule has 5 aromatic rings. The number of benzene rings is 2. The molecule has 1 aliphatic heterocycles. The number of H-pyrrole nitrogens is 2. The van der Waals surface area contributed by atoms with E-state index in [0.29, 0.717) is 18.9 Å². The highest BCUT2D eigenvalue weighted by atomic mass is 16.2. The van der Waals surface area contributed by atoms with E-state index < -0.39 is 0 Å². The molecule has 1 aliphatic carbocycles. The van der Waals surface area contributed by atoms with E-state index in [1.807, 2.05) is 53.7 Å². The molecule has 8 heteroatoms. The van der Waals surface area contributed by atoms with Crippen LogP contribution in [0.4, 0.5) is 4.79 Å². The molecule has 0 unspecified atom stereocenters.